The lowest BCUT2D eigenvalue weighted by Gasteiger charge is -2.25. The van der Waals surface area contributed by atoms with Crippen molar-refractivity contribution in [1.29, 1.82) is 0 Å². The first-order valence-electron chi connectivity index (χ1n) is 8.82. The van der Waals surface area contributed by atoms with E-state index in [0.29, 0.717) is 15.8 Å². The van der Waals surface area contributed by atoms with Crippen LogP contribution >= 0.6 is 15.9 Å². The average Bonchev–Trinajstić information content (AvgIpc) is 3.26. The number of amides is 4. The van der Waals surface area contributed by atoms with Gasteiger partial charge in [0.2, 0.25) is 0 Å². The molecular weight excluding hydrogens is 476 g/mol. The Hall–Kier alpha value is -3.60. The number of halogens is 1. The molecule has 0 aliphatic carbocycles. The number of urea groups is 1. The molecule has 10 nitrogen and oxygen atoms in total. The number of carbonyl (C=O) groups excluding carboxylic acids is 4. The number of carbonyl (C=O) groups is 4. The van der Waals surface area contributed by atoms with Crippen LogP contribution in [0.15, 0.2) is 45.0 Å². The van der Waals surface area contributed by atoms with Gasteiger partial charge in [0.15, 0.2) is 18.1 Å². The number of furan rings is 1. The summed E-state index contributed by atoms with van der Waals surface area (Å²) in [7, 11) is 2.63. The molecule has 1 aromatic heterocycles. The van der Waals surface area contributed by atoms with Crippen molar-refractivity contribution < 1.29 is 37.8 Å². The second-order valence-electron chi connectivity index (χ2n) is 6.18. The number of methoxy groups -OCH3 is 2. The van der Waals surface area contributed by atoms with Gasteiger partial charge in [0, 0.05) is 4.47 Å². The lowest BCUT2D eigenvalue weighted by Crippen LogP contribution is -2.53. The summed E-state index contributed by atoms with van der Waals surface area (Å²) in [6, 6.07) is 5.42. The van der Waals surface area contributed by atoms with Crippen LogP contribution in [0.25, 0.3) is 6.08 Å². The fourth-order valence-corrected chi connectivity index (χ4v) is 3.12. The van der Waals surface area contributed by atoms with Gasteiger partial charge in [0.25, 0.3) is 11.8 Å². The molecule has 1 fully saturated rings. The molecule has 4 amide bonds. The predicted molar refractivity (Wildman–Crippen MR) is 109 cm³/mol. The van der Waals surface area contributed by atoms with Crippen LogP contribution in [0.5, 0.6) is 11.5 Å². The van der Waals surface area contributed by atoms with Crippen LogP contribution in [0, 0.1) is 0 Å². The number of esters is 1. The molecular formula is C20H17BrN2O8. The number of ether oxygens (including phenoxy) is 3. The van der Waals surface area contributed by atoms with Crippen molar-refractivity contribution >= 4 is 45.8 Å². The molecule has 0 saturated carbocycles. The van der Waals surface area contributed by atoms with Gasteiger partial charge in [-0.15, -0.1) is 0 Å². The number of barbiturate groups is 1. The Morgan fingerprint density at radius 1 is 1.23 bits per heavy atom. The van der Waals surface area contributed by atoms with Gasteiger partial charge in [-0.1, -0.05) is 15.9 Å². The third-order valence-corrected chi connectivity index (χ3v) is 4.92. The van der Waals surface area contributed by atoms with E-state index in [1.165, 1.54) is 38.7 Å². The minimum absolute atomic E-state index is 0.132. The van der Waals surface area contributed by atoms with Crippen LogP contribution in [-0.2, 0) is 25.7 Å². The fourth-order valence-electron chi connectivity index (χ4n) is 2.68. The smallest absolute Gasteiger partial charge is 0.343 e. The van der Waals surface area contributed by atoms with Crippen LogP contribution in [0.2, 0.25) is 0 Å². The Labute approximate surface area is 184 Å². The van der Waals surface area contributed by atoms with Crippen molar-refractivity contribution in [2.24, 2.45) is 0 Å². The van der Waals surface area contributed by atoms with Crippen molar-refractivity contribution in [3.63, 3.8) is 0 Å². The van der Waals surface area contributed by atoms with E-state index in [0.717, 1.165) is 4.90 Å². The molecule has 11 heteroatoms. The van der Waals surface area contributed by atoms with Crippen molar-refractivity contribution in [2.45, 2.75) is 6.54 Å². The van der Waals surface area contributed by atoms with Crippen LogP contribution in [0.1, 0.15) is 11.3 Å². The average molecular weight is 493 g/mol. The standard InChI is InChI=1S/C20H17BrN2O8/c1-28-15-7-11(14(21)8-16(15)31-10-17(24)29-2)6-13-18(25)22-20(27)23(19(13)26)9-12-4-3-5-30-12/h3-8H,9-10H2,1-2H3,(H,22,25,27). The van der Waals surface area contributed by atoms with Gasteiger partial charge in [0.05, 0.1) is 27.0 Å². The van der Waals surface area contributed by atoms with Crippen LogP contribution < -0.4 is 14.8 Å². The van der Waals surface area contributed by atoms with E-state index in [2.05, 4.69) is 26.0 Å². The highest BCUT2D eigenvalue weighted by molar-refractivity contribution is 9.10. The summed E-state index contributed by atoms with van der Waals surface area (Å²) in [4.78, 5) is 49.5. The second-order valence-corrected chi connectivity index (χ2v) is 7.03. The largest absolute Gasteiger partial charge is 0.493 e. The van der Waals surface area contributed by atoms with Crippen molar-refractivity contribution in [1.82, 2.24) is 10.2 Å². The van der Waals surface area contributed by atoms with E-state index in [-0.39, 0.29) is 30.2 Å². The molecule has 0 bridgehead atoms. The van der Waals surface area contributed by atoms with Crippen LogP contribution in [-0.4, -0.2) is 49.5 Å². The summed E-state index contributed by atoms with van der Waals surface area (Å²) < 4.78 is 20.8. The van der Waals surface area contributed by atoms with Gasteiger partial charge in [-0.3, -0.25) is 19.8 Å². The van der Waals surface area contributed by atoms with E-state index in [1.54, 1.807) is 12.1 Å². The van der Waals surface area contributed by atoms with Crippen LogP contribution in [0.4, 0.5) is 4.79 Å². The monoisotopic (exact) mass is 492 g/mol. The second kappa shape index (κ2) is 9.47. The quantitative estimate of drug-likeness (QED) is 0.354. The number of nitrogens with zero attached hydrogens (tertiary/aromatic N) is 1. The van der Waals surface area contributed by atoms with Crippen molar-refractivity contribution in [3.8, 4) is 11.5 Å². The van der Waals surface area contributed by atoms with E-state index in [1.807, 2.05) is 0 Å². The number of imide groups is 2. The first-order valence-corrected chi connectivity index (χ1v) is 9.61. The van der Waals surface area contributed by atoms with Gasteiger partial charge in [-0.2, -0.15) is 0 Å². The molecule has 2 heterocycles. The molecule has 162 valence electrons. The molecule has 1 saturated heterocycles. The zero-order chi connectivity index (χ0) is 22.5. The topological polar surface area (TPSA) is 124 Å². The normalized spacial score (nSPS) is 15.1. The van der Waals surface area contributed by atoms with Gasteiger partial charge >= 0.3 is 12.0 Å². The maximum absolute atomic E-state index is 12.8. The Kier molecular flexibility index (Phi) is 6.75. The summed E-state index contributed by atoms with van der Waals surface area (Å²) in [5.41, 5.74) is 0.158. The Balaban J connectivity index is 1.91. The third kappa shape index (κ3) is 4.94. The summed E-state index contributed by atoms with van der Waals surface area (Å²) >= 11 is 3.34. The highest BCUT2D eigenvalue weighted by Crippen LogP contribution is 2.35. The van der Waals surface area contributed by atoms with E-state index in [4.69, 9.17) is 13.9 Å². The highest BCUT2D eigenvalue weighted by Gasteiger charge is 2.36. The summed E-state index contributed by atoms with van der Waals surface area (Å²) in [5, 5.41) is 2.14. The molecule has 0 atom stereocenters. The molecule has 3 rings (SSSR count). The van der Waals surface area contributed by atoms with E-state index in [9.17, 15) is 19.2 Å². The summed E-state index contributed by atoms with van der Waals surface area (Å²) in [6.07, 6.45) is 2.73. The lowest BCUT2D eigenvalue weighted by molar-refractivity contribution is -0.143. The zero-order valence-electron chi connectivity index (χ0n) is 16.5. The lowest BCUT2D eigenvalue weighted by atomic mass is 10.1. The molecule has 0 unspecified atom stereocenters. The zero-order valence-corrected chi connectivity index (χ0v) is 18.1. The minimum Gasteiger partial charge on any atom is -0.493 e. The molecule has 1 N–H and O–H groups in total. The number of benzene rings is 1. The maximum atomic E-state index is 12.8. The van der Waals surface area contributed by atoms with Gasteiger partial charge in [-0.25, -0.2) is 9.59 Å². The molecule has 1 aromatic carbocycles. The number of nitrogens with one attached hydrogen (secondary N) is 1. The van der Waals surface area contributed by atoms with Gasteiger partial charge in [0.1, 0.15) is 11.3 Å². The minimum atomic E-state index is -0.841. The molecule has 1 aliphatic rings. The molecule has 1 aliphatic heterocycles. The Bertz CT molecular complexity index is 1060. The fraction of sp³-hybridized carbons (Fsp3) is 0.200. The maximum Gasteiger partial charge on any atom is 0.343 e. The van der Waals surface area contributed by atoms with Crippen molar-refractivity contribution in [3.05, 3.63) is 51.9 Å². The van der Waals surface area contributed by atoms with Gasteiger partial charge < -0.3 is 18.6 Å². The van der Waals surface area contributed by atoms with Crippen molar-refractivity contribution in [2.75, 3.05) is 20.8 Å². The molecule has 31 heavy (non-hydrogen) atoms. The summed E-state index contributed by atoms with van der Waals surface area (Å²) in [5.74, 6) is -1.30. The number of hydrogen-bond donors (Lipinski definition) is 1. The Morgan fingerprint density at radius 3 is 2.65 bits per heavy atom. The summed E-state index contributed by atoms with van der Waals surface area (Å²) in [6.45, 7) is -0.461. The predicted octanol–water partition coefficient (Wildman–Crippen LogP) is 2.26. The molecule has 0 radical (unpaired) electrons. The highest BCUT2D eigenvalue weighted by atomic mass is 79.9. The molecule has 0 spiro atoms. The number of hydrogen-bond acceptors (Lipinski definition) is 8. The van der Waals surface area contributed by atoms with Gasteiger partial charge in [-0.05, 0) is 35.9 Å². The van der Waals surface area contributed by atoms with Crippen LogP contribution in [0.3, 0.4) is 0 Å². The molecule has 2 aromatic rings. The third-order valence-electron chi connectivity index (χ3n) is 4.24. The SMILES string of the molecule is COC(=O)COc1cc(Br)c(C=C2C(=O)NC(=O)N(Cc3ccco3)C2=O)cc1OC. The first kappa shape index (κ1) is 22.1. The number of rotatable bonds is 7. The van der Waals surface area contributed by atoms with E-state index >= 15 is 0 Å². The first-order chi connectivity index (χ1) is 14.8. The van der Waals surface area contributed by atoms with E-state index < -0.39 is 23.8 Å². The Morgan fingerprint density at radius 2 is 2.00 bits per heavy atom.